The van der Waals surface area contributed by atoms with Crippen molar-refractivity contribution in [3.63, 3.8) is 0 Å². The molecule has 0 saturated carbocycles. The molecule has 4 heterocycles. The van der Waals surface area contributed by atoms with Crippen LogP contribution in [0.4, 0.5) is 5.95 Å². The van der Waals surface area contributed by atoms with E-state index >= 15 is 0 Å². The van der Waals surface area contributed by atoms with Gasteiger partial charge in [0, 0.05) is 18.0 Å². The smallest absolute Gasteiger partial charge is 0.278 e. The molecule has 0 unspecified atom stereocenters. The second-order valence-electron chi connectivity index (χ2n) is 8.46. The molecule has 2 saturated heterocycles. The fourth-order valence-corrected chi connectivity index (χ4v) is 4.57. The molecule has 2 N–H and O–H groups in total. The molecule has 5 rings (SSSR count). The van der Waals surface area contributed by atoms with Gasteiger partial charge in [0.25, 0.3) is 5.91 Å². The molecule has 0 aliphatic carbocycles. The third-order valence-electron chi connectivity index (χ3n) is 6.42. The van der Waals surface area contributed by atoms with Gasteiger partial charge in [0.2, 0.25) is 12.7 Å². The molecule has 3 aliphatic rings. The van der Waals surface area contributed by atoms with Crippen molar-refractivity contribution in [2.45, 2.75) is 6.54 Å². The number of amides is 1. The summed E-state index contributed by atoms with van der Waals surface area (Å²) in [6.07, 6.45) is 3.55. The number of fused-ring (bicyclic) bond motifs is 1. The van der Waals surface area contributed by atoms with Crippen LogP contribution in [0.2, 0.25) is 0 Å². The third kappa shape index (κ3) is 4.72. The maximum Gasteiger partial charge on any atom is 0.278 e. The van der Waals surface area contributed by atoms with E-state index in [0.29, 0.717) is 13.3 Å². The summed E-state index contributed by atoms with van der Waals surface area (Å²) < 4.78 is 10.9. The first-order chi connectivity index (χ1) is 15.2. The molecule has 2 fully saturated rings. The Morgan fingerprint density at radius 2 is 1.65 bits per heavy atom. The fraction of sp³-hybridized carbons (Fsp3) is 0.500. The van der Waals surface area contributed by atoms with E-state index in [1.54, 1.807) is 12.4 Å². The third-order valence-corrected chi connectivity index (χ3v) is 6.42. The number of nitrogens with zero attached hydrogens (tertiary/aromatic N) is 4. The summed E-state index contributed by atoms with van der Waals surface area (Å²) in [7, 11) is 0. The Hall–Kier alpha value is -2.91. The lowest BCUT2D eigenvalue weighted by Crippen LogP contribution is -3.16. The molecule has 0 radical (unpaired) electrons. The van der Waals surface area contributed by atoms with Crippen molar-refractivity contribution in [2.75, 3.05) is 70.6 Å². The molecule has 9 heteroatoms. The predicted octanol–water partition coefficient (Wildman–Crippen LogP) is -2.16. The lowest BCUT2D eigenvalue weighted by atomic mass is 10.1. The van der Waals surface area contributed by atoms with E-state index < -0.39 is 0 Å². The Labute approximate surface area is 182 Å². The summed E-state index contributed by atoms with van der Waals surface area (Å²) in [4.78, 5) is 28.6. The largest absolute Gasteiger partial charge is 0.454 e. The topological polar surface area (TPSA) is 76.7 Å². The number of hydrogen-bond acceptors (Lipinski definition) is 6. The van der Waals surface area contributed by atoms with Crippen LogP contribution >= 0.6 is 0 Å². The van der Waals surface area contributed by atoms with Crippen molar-refractivity contribution in [2.24, 2.45) is 0 Å². The maximum atomic E-state index is 12.8. The number of hydrogen-bond donors (Lipinski definition) is 2. The second-order valence-corrected chi connectivity index (χ2v) is 8.46. The molecular formula is C22H30N6O3+2. The van der Waals surface area contributed by atoms with Gasteiger partial charge in [-0.3, -0.25) is 4.79 Å². The molecule has 3 aliphatic heterocycles. The molecule has 0 bridgehead atoms. The van der Waals surface area contributed by atoms with Crippen molar-refractivity contribution in [3.05, 3.63) is 42.2 Å². The first-order valence-electron chi connectivity index (χ1n) is 11.1. The number of aromatic nitrogens is 2. The molecule has 0 atom stereocenters. The molecule has 164 valence electrons. The molecule has 2 aromatic rings. The molecule has 1 aromatic carbocycles. The van der Waals surface area contributed by atoms with E-state index in [4.69, 9.17) is 9.47 Å². The van der Waals surface area contributed by atoms with Crippen LogP contribution < -0.4 is 24.2 Å². The Kier molecular flexibility index (Phi) is 5.86. The van der Waals surface area contributed by atoms with Gasteiger partial charge in [0.1, 0.15) is 6.54 Å². The number of carbonyl (C=O) groups is 1. The van der Waals surface area contributed by atoms with E-state index in [0.717, 1.165) is 76.4 Å². The van der Waals surface area contributed by atoms with Crippen LogP contribution in [-0.2, 0) is 11.3 Å². The minimum absolute atomic E-state index is 0.279. The summed E-state index contributed by atoms with van der Waals surface area (Å²) in [5.41, 5.74) is 1.25. The number of carbonyl (C=O) groups excluding carboxylic acids is 1. The summed E-state index contributed by atoms with van der Waals surface area (Å²) in [6, 6.07) is 8.02. The van der Waals surface area contributed by atoms with Gasteiger partial charge < -0.3 is 29.1 Å². The van der Waals surface area contributed by atoms with Crippen molar-refractivity contribution >= 4 is 11.9 Å². The number of benzene rings is 1. The summed E-state index contributed by atoms with van der Waals surface area (Å²) in [6.45, 7) is 9.13. The monoisotopic (exact) mass is 426 g/mol. The van der Waals surface area contributed by atoms with Gasteiger partial charge in [-0.15, -0.1) is 0 Å². The van der Waals surface area contributed by atoms with Gasteiger partial charge in [-0.1, -0.05) is 0 Å². The zero-order valence-corrected chi connectivity index (χ0v) is 17.8. The van der Waals surface area contributed by atoms with Gasteiger partial charge in [-0.2, -0.15) is 0 Å². The Morgan fingerprint density at radius 1 is 0.935 bits per heavy atom. The van der Waals surface area contributed by atoms with E-state index in [1.807, 2.05) is 17.0 Å². The van der Waals surface area contributed by atoms with E-state index in [2.05, 4.69) is 27.0 Å². The number of nitrogens with one attached hydrogen (secondary N) is 2. The molecule has 31 heavy (non-hydrogen) atoms. The highest BCUT2D eigenvalue weighted by Crippen LogP contribution is 2.32. The first kappa shape index (κ1) is 20.0. The lowest BCUT2D eigenvalue weighted by molar-refractivity contribution is -0.918. The average Bonchev–Trinajstić information content (AvgIpc) is 3.29. The zero-order chi connectivity index (χ0) is 21.0. The minimum Gasteiger partial charge on any atom is -0.454 e. The van der Waals surface area contributed by atoms with Crippen LogP contribution in [0.15, 0.2) is 36.7 Å². The van der Waals surface area contributed by atoms with Gasteiger partial charge in [-0.05, 0) is 24.3 Å². The van der Waals surface area contributed by atoms with Crippen molar-refractivity contribution in [3.8, 4) is 11.5 Å². The van der Waals surface area contributed by atoms with E-state index in [-0.39, 0.29) is 5.91 Å². The van der Waals surface area contributed by atoms with Crippen LogP contribution in [0.3, 0.4) is 0 Å². The summed E-state index contributed by atoms with van der Waals surface area (Å²) in [5, 5.41) is 0. The van der Waals surface area contributed by atoms with Crippen LogP contribution in [0, 0.1) is 0 Å². The minimum atomic E-state index is 0.279. The molecule has 9 nitrogen and oxygen atoms in total. The van der Waals surface area contributed by atoms with E-state index in [9.17, 15) is 4.79 Å². The molecular weight excluding hydrogens is 396 g/mol. The van der Waals surface area contributed by atoms with Gasteiger partial charge in [0.05, 0.1) is 52.4 Å². The number of rotatable bonds is 5. The standard InChI is InChI=1S/C22H28N6O3/c29-21(16-26-8-12-28(13-9-26)22-23-4-1-5-24-22)27-10-6-25(7-11-27)15-18-2-3-19-20(14-18)31-17-30-19/h1-5,14H,6-13,15-17H2/p+2. The number of piperazine rings is 2. The quantitative estimate of drug-likeness (QED) is 0.567. The highest BCUT2D eigenvalue weighted by Gasteiger charge is 2.29. The molecule has 1 amide bonds. The lowest BCUT2D eigenvalue weighted by Gasteiger charge is -2.35. The number of quaternary nitrogens is 2. The van der Waals surface area contributed by atoms with Crippen LogP contribution in [-0.4, -0.2) is 86.5 Å². The normalized spacial score (nSPS) is 19.6. The maximum absolute atomic E-state index is 12.8. The van der Waals surface area contributed by atoms with Gasteiger partial charge in [0.15, 0.2) is 18.0 Å². The Bertz CT molecular complexity index is 895. The molecule has 1 aromatic heterocycles. The second kappa shape index (κ2) is 9.07. The van der Waals surface area contributed by atoms with Crippen LogP contribution in [0.5, 0.6) is 11.5 Å². The predicted molar refractivity (Wildman–Crippen MR) is 113 cm³/mol. The average molecular weight is 427 g/mol. The summed E-state index contributed by atoms with van der Waals surface area (Å²) >= 11 is 0. The highest BCUT2D eigenvalue weighted by atomic mass is 16.7. The summed E-state index contributed by atoms with van der Waals surface area (Å²) in [5.74, 6) is 2.73. The highest BCUT2D eigenvalue weighted by molar-refractivity contribution is 5.77. The fourth-order valence-electron chi connectivity index (χ4n) is 4.57. The van der Waals surface area contributed by atoms with Crippen LogP contribution in [0.25, 0.3) is 0 Å². The molecule has 0 spiro atoms. The van der Waals surface area contributed by atoms with E-state index in [1.165, 1.54) is 15.4 Å². The van der Waals surface area contributed by atoms with Crippen molar-refractivity contribution < 1.29 is 24.1 Å². The first-order valence-corrected chi connectivity index (χ1v) is 11.1. The van der Waals surface area contributed by atoms with Gasteiger partial charge >= 0.3 is 0 Å². The Morgan fingerprint density at radius 3 is 2.42 bits per heavy atom. The van der Waals surface area contributed by atoms with Crippen molar-refractivity contribution in [1.82, 2.24) is 14.9 Å². The number of anilines is 1. The Balaban J connectivity index is 1.05. The zero-order valence-electron chi connectivity index (χ0n) is 17.8. The SMILES string of the molecule is O=C(C[NH+]1CCN(c2ncccn2)CC1)N1CC[NH+](Cc2ccc3c(c2)OCO3)CC1. The van der Waals surface area contributed by atoms with Crippen LogP contribution in [0.1, 0.15) is 5.56 Å². The number of ether oxygens (including phenoxy) is 2. The van der Waals surface area contributed by atoms with Crippen molar-refractivity contribution in [1.29, 1.82) is 0 Å². The van der Waals surface area contributed by atoms with Gasteiger partial charge in [-0.25, -0.2) is 9.97 Å².